The van der Waals surface area contributed by atoms with Gasteiger partial charge in [-0.05, 0) is 12.8 Å². The van der Waals surface area contributed by atoms with Crippen molar-refractivity contribution in [3.63, 3.8) is 0 Å². The van der Waals surface area contributed by atoms with E-state index in [1.807, 2.05) is 13.8 Å². The van der Waals surface area contributed by atoms with E-state index < -0.39 is 10.0 Å². The van der Waals surface area contributed by atoms with Crippen LogP contribution in [0.1, 0.15) is 26.7 Å². The first-order valence-electron chi connectivity index (χ1n) is 6.51. The van der Waals surface area contributed by atoms with Gasteiger partial charge in [-0.2, -0.15) is 4.31 Å². The lowest BCUT2D eigenvalue weighted by Crippen LogP contribution is -2.53. The summed E-state index contributed by atoms with van der Waals surface area (Å²) >= 11 is 0. The molecule has 1 N–H and O–H groups in total. The van der Waals surface area contributed by atoms with Gasteiger partial charge in [0, 0.05) is 32.7 Å². The van der Waals surface area contributed by atoms with E-state index in [0.29, 0.717) is 39.1 Å². The molecule has 0 aliphatic carbocycles. The van der Waals surface area contributed by atoms with E-state index in [0.717, 1.165) is 6.42 Å². The molecule has 0 atom stereocenters. The van der Waals surface area contributed by atoms with Crippen molar-refractivity contribution in [3.05, 3.63) is 0 Å². The number of carbonyl (C=O) groups is 1. The van der Waals surface area contributed by atoms with Crippen molar-refractivity contribution in [2.75, 3.05) is 38.5 Å². The van der Waals surface area contributed by atoms with E-state index in [1.54, 1.807) is 4.90 Å². The van der Waals surface area contributed by atoms with Crippen LogP contribution in [0, 0.1) is 0 Å². The third-order valence-corrected chi connectivity index (χ3v) is 4.98. The number of hydrogen-bond donors (Lipinski definition) is 1. The molecule has 0 saturated carbocycles. The van der Waals surface area contributed by atoms with E-state index in [4.69, 9.17) is 0 Å². The molecule has 0 spiro atoms. The molecule has 6 nitrogen and oxygen atoms in total. The van der Waals surface area contributed by atoms with Crippen LogP contribution >= 0.6 is 0 Å². The number of amides is 2. The second-order valence-electron chi connectivity index (χ2n) is 4.43. The van der Waals surface area contributed by atoms with Gasteiger partial charge in [0.05, 0.1) is 5.75 Å². The molecule has 1 heterocycles. The highest BCUT2D eigenvalue weighted by molar-refractivity contribution is 7.89. The van der Waals surface area contributed by atoms with Crippen molar-refractivity contribution in [2.45, 2.75) is 26.7 Å². The zero-order valence-corrected chi connectivity index (χ0v) is 12.0. The Morgan fingerprint density at radius 2 is 1.72 bits per heavy atom. The monoisotopic (exact) mass is 277 g/mol. The van der Waals surface area contributed by atoms with Crippen LogP contribution < -0.4 is 5.32 Å². The zero-order chi connectivity index (χ0) is 13.6. The van der Waals surface area contributed by atoms with Gasteiger partial charge in [-0.25, -0.2) is 13.2 Å². The molecule has 106 valence electrons. The maximum Gasteiger partial charge on any atom is 0.317 e. The number of rotatable bonds is 5. The third-order valence-electron chi connectivity index (χ3n) is 2.91. The van der Waals surface area contributed by atoms with Gasteiger partial charge < -0.3 is 10.2 Å². The fourth-order valence-electron chi connectivity index (χ4n) is 1.90. The standard InChI is InChI=1S/C11H23N3O3S/c1-3-5-12-11(15)13-6-8-14(9-7-13)18(16,17)10-4-2/h3-10H2,1-2H3,(H,12,15). The Bertz CT molecular complexity index is 362. The molecule has 0 bridgehead atoms. The van der Waals surface area contributed by atoms with Crippen LogP contribution in [0.15, 0.2) is 0 Å². The maximum atomic E-state index is 11.8. The summed E-state index contributed by atoms with van der Waals surface area (Å²) in [6, 6.07) is -0.0932. The van der Waals surface area contributed by atoms with Crippen LogP contribution in [0.3, 0.4) is 0 Å². The van der Waals surface area contributed by atoms with Crippen molar-refractivity contribution in [2.24, 2.45) is 0 Å². The number of sulfonamides is 1. The molecule has 0 aromatic rings. The van der Waals surface area contributed by atoms with Crippen LogP contribution in [0.4, 0.5) is 4.79 Å². The highest BCUT2D eigenvalue weighted by atomic mass is 32.2. The lowest BCUT2D eigenvalue weighted by molar-refractivity contribution is 0.172. The van der Waals surface area contributed by atoms with Gasteiger partial charge >= 0.3 is 6.03 Å². The predicted octanol–water partition coefficient (Wildman–Crippen LogP) is 0.463. The summed E-state index contributed by atoms with van der Waals surface area (Å²) in [7, 11) is -3.12. The van der Waals surface area contributed by atoms with Gasteiger partial charge in [-0.3, -0.25) is 0 Å². The molecular weight excluding hydrogens is 254 g/mol. The lowest BCUT2D eigenvalue weighted by atomic mass is 10.4. The topological polar surface area (TPSA) is 69.7 Å². The maximum absolute atomic E-state index is 11.8. The first-order chi connectivity index (χ1) is 8.51. The average molecular weight is 277 g/mol. The summed E-state index contributed by atoms with van der Waals surface area (Å²) in [6.07, 6.45) is 1.52. The lowest BCUT2D eigenvalue weighted by Gasteiger charge is -2.33. The highest BCUT2D eigenvalue weighted by Gasteiger charge is 2.27. The summed E-state index contributed by atoms with van der Waals surface area (Å²) in [5.74, 6) is 0.190. The molecule has 2 amide bonds. The fourth-order valence-corrected chi connectivity index (χ4v) is 3.39. The Kier molecular flexibility index (Phi) is 5.87. The summed E-state index contributed by atoms with van der Waals surface area (Å²) in [5, 5.41) is 2.80. The van der Waals surface area contributed by atoms with Crippen LogP contribution in [0.2, 0.25) is 0 Å². The second kappa shape index (κ2) is 6.94. The van der Waals surface area contributed by atoms with Gasteiger partial charge in [0.25, 0.3) is 0 Å². The van der Waals surface area contributed by atoms with Gasteiger partial charge in [-0.1, -0.05) is 13.8 Å². The van der Waals surface area contributed by atoms with Crippen LogP contribution in [-0.4, -0.2) is 62.1 Å². The first kappa shape index (κ1) is 15.2. The molecular formula is C11H23N3O3S. The Morgan fingerprint density at radius 3 is 2.22 bits per heavy atom. The Labute approximate surface area is 109 Å². The van der Waals surface area contributed by atoms with Crippen LogP contribution in [0.25, 0.3) is 0 Å². The molecule has 1 aliphatic rings. The van der Waals surface area contributed by atoms with E-state index in [1.165, 1.54) is 4.31 Å². The predicted molar refractivity (Wildman–Crippen MR) is 70.9 cm³/mol. The average Bonchev–Trinajstić information content (AvgIpc) is 2.36. The number of hydrogen-bond acceptors (Lipinski definition) is 3. The summed E-state index contributed by atoms with van der Waals surface area (Å²) in [4.78, 5) is 13.4. The van der Waals surface area contributed by atoms with Crippen LogP contribution in [0.5, 0.6) is 0 Å². The van der Waals surface area contributed by atoms with Gasteiger partial charge in [0.2, 0.25) is 10.0 Å². The smallest absolute Gasteiger partial charge is 0.317 e. The van der Waals surface area contributed by atoms with Crippen molar-refractivity contribution in [1.82, 2.24) is 14.5 Å². The van der Waals surface area contributed by atoms with E-state index in [2.05, 4.69) is 5.32 Å². The van der Waals surface area contributed by atoms with E-state index in [9.17, 15) is 13.2 Å². The summed E-state index contributed by atoms with van der Waals surface area (Å²) in [5.41, 5.74) is 0. The SMILES string of the molecule is CCCNC(=O)N1CCN(S(=O)(=O)CCC)CC1. The van der Waals surface area contributed by atoms with E-state index in [-0.39, 0.29) is 11.8 Å². The molecule has 0 aromatic carbocycles. The molecule has 7 heteroatoms. The minimum Gasteiger partial charge on any atom is -0.338 e. The number of carbonyl (C=O) groups excluding carboxylic acids is 1. The van der Waals surface area contributed by atoms with Crippen molar-refractivity contribution < 1.29 is 13.2 Å². The zero-order valence-electron chi connectivity index (χ0n) is 11.2. The minimum atomic E-state index is -3.12. The molecule has 0 unspecified atom stereocenters. The van der Waals surface area contributed by atoms with Gasteiger partial charge in [-0.15, -0.1) is 0 Å². The quantitative estimate of drug-likeness (QED) is 0.794. The first-order valence-corrected chi connectivity index (χ1v) is 8.12. The fraction of sp³-hybridized carbons (Fsp3) is 0.909. The molecule has 1 fully saturated rings. The number of nitrogens with one attached hydrogen (secondary N) is 1. The van der Waals surface area contributed by atoms with Crippen molar-refractivity contribution >= 4 is 16.1 Å². The second-order valence-corrected chi connectivity index (χ2v) is 6.52. The number of nitrogens with zero attached hydrogens (tertiary/aromatic N) is 2. The minimum absolute atomic E-state index is 0.0932. The summed E-state index contributed by atoms with van der Waals surface area (Å²) < 4.78 is 25.2. The molecule has 0 radical (unpaired) electrons. The van der Waals surface area contributed by atoms with Crippen molar-refractivity contribution in [3.8, 4) is 0 Å². The third kappa shape index (κ3) is 4.13. The van der Waals surface area contributed by atoms with Crippen LogP contribution in [-0.2, 0) is 10.0 Å². The molecule has 0 aromatic heterocycles. The number of piperazine rings is 1. The molecule has 1 rings (SSSR count). The largest absolute Gasteiger partial charge is 0.338 e. The normalized spacial score (nSPS) is 17.8. The molecule has 1 aliphatic heterocycles. The highest BCUT2D eigenvalue weighted by Crippen LogP contribution is 2.09. The number of urea groups is 1. The van der Waals surface area contributed by atoms with Gasteiger partial charge in [0.1, 0.15) is 0 Å². The van der Waals surface area contributed by atoms with Crippen molar-refractivity contribution in [1.29, 1.82) is 0 Å². The Hall–Kier alpha value is -0.820. The van der Waals surface area contributed by atoms with E-state index >= 15 is 0 Å². The van der Waals surface area contributed by atoms with Gasteiger partial charge in [0.15, 0.2) is 0 Å². The Balaban J connectivity index is 2.43. The molecule has 18 heavy (non-hydrogen) atoms. The Morgan fingerprint density at radius 1 is 1.11 bits per heavy atom. The summed E-state index contributed by atoms with van der Waals surface area (Å²) in [6.45, 7) is 6.26. The molecule has 1 saturated heterocycles.